The molecule has 0 saturated heterocycles. The van der Waals surface area contributed by atoms with Gasteiger partial charge in [-0.25, -0.2) is 4.79 Å². The van der Waals surface area contributed by atoms with Gasteiger partial charge in [0.05, 0.1) is 22.9 Å². The molecule has 0 aromatic carbocycles. The number of carboxylic acids is 1. The van der Waals surface area contributed by atoms with Gasteiger partial charge in [-0.3, -0.25) is 24.6 Å². The quantitative estimate of drug-likeness (QED) is 0.103. The van der Waals surface area contributed by atoms with Gasteiger partial charge in [-0.2, -0.15) is 0 Å². The normalized spacial score (nSPS) is 10.8. The molecule has 15 heteroatoms. The number of carbonyl (C=O) groups excluding carboxylic acids is 4. The van der Waals surface area contributed by atoms with Crippen LogP contribution in [0, 0.1) is 5.41 Å². The molecule has 0 aliphatic rings. The van der Waals surface area contributed by atoms with Crippen LogP contribution in [0.4, 0.5) is 17.1 Å². The van der Waals surface area contributed by atoms with Crippen molar-refractivity contribution in [2.45, 2.75) is 6.42 Å². The van der Waals surface area contributed by atoms with Gasteiger partial charge in [-0.15, -0.1) is 0 Å². The fraction of sp³-hybridized carbons (Fsp3) is 0.200. The van der Waals surface area contributed by atoms with Gasteiger partial charge < -0.3 is 45.8 Å². The molecule has 0 radical (unpaired) electrons. The zero-order valence-electron chi connectivity index (χ0n) is 21.9. The van der Waals surface area contributed by atoms with E-state index in [0.717, 1.165) is 6.08 Å². The van der Waals surface area contributed by atoms with Crippen molar-refractivity contribution in [3.8, 4) is 0 Å². The predicted molar refractivity (Wildman–Crippen MR) is 146 cm³/mol. The van der Waals surface area contributed by atoms with Crippen LogP contribution >= 0.6 is 0 Å². The van der Waals surface area contributed by atoms with Crippen molar-refractivity contribution < 1.29 is 29.1 Å². The number of aryl methyl sites for hydroxylation is 3. The first-order valence-electron chi connectivity index (χ1n) is 11.8. The van der Waals surface area contributed by atoms with E-state index in [1.807, 2.05) is 0 Å². The highest BCUT2D eigenvalue weighted by molar-refractivity contribution is 6.08. The van der Waals surface area contributed by atoms with Crippen molar-refractivity contribution in [3.63, 3.8) is 0 Å². The summed E-state index contributed by atoms with van der Waals surface area (Å²) in [6.45, 7) is 0.210. The fourth-order valence-corrected chi connectivity index (χ4v) is 3.70. The van der Waals surface area contributed by atoms with Crippen LogP contribution in [0.3, 0.4) is 0 Å². The van der Waals surface area contributed by atoms with Crippen LogP contribution in [0.5, 0.6) is 0 Å². The van der Waals surface area contributed by atoms with Crippen molar-refractivity contribution in [2.75, 3.05) is 22.5 Å². The van der Waals surface area contributed by atoms with E-state index < -0.39 is 23.7 Å². The van der Waals surface area contributed by atoms with Gasteiger partial charge in [-0.05, 0) is 18.2 Å². The molecule has 4 amide bonds. The number of amidine groups is 1. The van der Waals surface area contributed by atoms with Crippen molar-refractivity contribution in [1.82, 2.24) is 19.0 Å². The average Bonchev–Trinajstić information content (AvgIpc) is 3.53. The second-order valence-electron chi connectivity index (χ2n) is 8.77. The van der Waals surface area contributed by atoms with Gasteiger partial charge in [0.15, 0.2) is 0 Å². The lowest BCUT2D eigenvalue weighted by Crippen LogP contribution is -2.28. The van der Waals surface area contributed by atoms with E-state index in [9.17, 15) is 24.0 Å². The Morgan fingerprint density at radius 3 is 1.62 bits per heavy atom. The van der Waals surface area contributed by atoms with Gasteiger partial charge >= 0.3 is 5.97 Å². The van der Waals surface area contributed by atoms with Gasteiger partial charge in [0, 0.05) is 64.9 Å². The maximum Gasteiger partial charge on any atom is 0.328 e. The lowest BCUT2D eigenvalue weighted by molar-refractivity contribution is -0.131. The van der Waals surface area contributed by atoms with Crippen LogP contribution in [0.25, 0.3) is 0 Å². The third-order valence-corrected chi connectivity index (χ3v) is 5.55. The molecular formula is C25H29N9O6. The Morgan fingerprint density at radius 2 is 1.20 bits per heavy atom. The third kappa shape index (κ3) is 7.47. The third-order valence-electron chi connectivity index (χ3n) is 5.55. The van der Waals surface area contributed by atoms with Crippen LogP contribution in [-0.4, -0.2) is 60.8 Å². The number of amides is 4. The van der Waals surface area contributed by atoms with Crippen molar-refractivity contribution in [1.29, 1.82) is 5.41 Å². The van der Waals surface area contributed by atoms with Crippen LogP contribution in [0.2, 0.25) is 0 Å². The molecule has 15 nitrogen and oxygen atoms in total. The highest BCUT2D eigenvalue weighted by Crippen LogP contribution is 2.19. The molecule has 0 bridgehead atoms. The molecule has 8 N–H and O–H groups in total. The minimum atomic E-state index is -1.27. The van der Waals surface area contributed by atoms with E-state index in [1.165, 1.54) is 33.5 Å². The minimum Gasteiger partial charge on any atom is -0.478 e. The van der Waals surface area contributed by atoms with Crippen molar-refractivity contribution >= 4 is 52.5 Å². The summed E-state index contributed by atoms with van der Waals surface area (Å²) in [5, 5.41) is 26.4. The number of rotatable bonds is 11. The molecule has 0 aliphatic heterocycles. The van der Waals surface area contributed by atoms with Crippen LogP contribution < -0.4 is 27.0 Å². The summed E-state index contributed by atoms with van der Waals surface area (Å²) in [5.41, 5.74) is 7.04. The smallest absolute Gasteiger partial charge is 0.328 e. The number of aromatic nitrogens is 3. The fourth-order valence-electron chi connectivity index (χ4n) is 3.70. The van der Waals surface area contributed by atoms with Crippen molar-refractivity contribution in [3.05, 3.63) is 66.0 Å². The number of hydrogen-bond donors (Lipinski definition) is 7. The van der Waals surface area contributed by atoms with E-state index in [0.29, 0.717) is 23.1 Å². The summed E-state index contributed by atoms with van der Waals surface area (Å²) < 4.78 is 4.55. The Hall–Kier alpha value is -5.60. The standard InChI is InChI=1S/C25H29N9O6/c1-32-12-15(9-17(32)23(38)28-7-6-20(26)27)30-25(40)19-10-16(13-34(19)3)31-24(39)18-8-14(11-33(18)2)29-21(35)4-5-22(36)37/h4-5,8-13H,6-7H2,1-3H3,(H3,26,27)(H,28,38)(H,29,35)(H,30,40)(H,31,39)(H,36,37)/b5-4+. The molecule has 0 unspecified atom stereocenters. The Morgan fingerprint density at radius 1 is 0.775 bits per heavy atom. The Balaban J connectivity index is 1.65. The van der Waals surface area contributed by atoms with E-state index >= 15 is 0 Å². The number of hydrogen-bond acceptors (Lipinski definition) is 6. The molecule has 0 spiro atoms. The van der Waals surface area contributed by atoms with Gasteiger partial charge in [0.2, 0.25) is 5.91 Å². The zero-order valence-corrected chi connectivity index (χ0v) is 21.9. The number of nitrogens with zero attached hydrogens (tertiary/aromatic N) is 3. The molecule has 0 aliphatic carbocycles. The number of nitrogens with two attached hydrogens (primary N) is 1. The van der Waals surface area contributed by atoms with E-state index in [4.69, 9.17) is 16.2 Å². The number of carboxylic acid groups (broad SMARTS) is 1. The summed E-state index contributed by atoms with van der Waals surface area (Å²) in [6, 6.07) is 4.41. The summed E-state index contributed by atoms with van der Waals surface area (Å²) in [4.78, 5) is 60.5. The van der Waals surface area contributed by atoms with Crippen LogP contribution in [0.15, 0.2) is 48.9 Å². The van der Waals surface area contributed by atoms with Gasteiger partial charge in [0.25, 0.3) is 17.7 Å². The summed E-state index contributed by atoms with van der Waals surface area (Å²) in [5.74, 6) is -3.34. The molecule has 40 heavy (non-hydrogen) atoms. The van der Waals surface area contributed by atoms with Gasteiger partial charge in [-0.1, -0.05) is 0 Å². The van der Waals surface area contributed by atoms with E-state index in [2.05, 4.69) is 21.3 Å². The highest BCUT2D eigenvalue weighted by atomic mass is 16.4. The Labute approximate surface area is 228 Å². The Kier molecular flexibility index (Phi) is 8.90. The number of anilines is 3. The zero-order chi connectivity index (χ0) is 29.6. The molecule has 3 heterocycles. The predicted octanol–water partition coefficient (Wildman–Crippen LogP) is 0.842. The second-order valence-corrected chi connectivity index (χ2v) is 8.77. The van der Waals surface area contributed by atoms with E-state index in [-0.39, 0.29) is 41.8 Å². The second kappa shape index (κ2) is 12.3. The van der Waals surface area contributed by atoms with E-state index in [1.54, 1.807) is 38.1 Å². The van der Waals surface area contributed by atoms with Gasteiger partial charge in [0.1, 0.15) is 17.1 Å². The molecule has 3 rings (SSSR count). The van der Waals surface area contributed by atoms with Crippen molar-refractivity contribution in [2.24, 2.45) is 26.9 Å². The number of carbonyl (C=O) groups is 5. The molecule has 3 aromatic rings. The van der Waals surface area contributed by atoms with Crippen LogP contribution in [-0.2, 0) is 30.7 Å². The lowest BCUT2D eigenvalue weighted by atomic mass is 10.3. The maximum atomic E-state index is 12.9. The number of aliphatic carboxylic acids is 1. The summed E-state index contributed by atoms with van der Waals surface area (Å²) >= 11 is 0. The highest BCUT2D eigenvalue weighted by Gasteiger charge is 2.18. The molecule has 0 saturated carbocycles. The summed E-state index contributed by atoms with van der Waals surface area (Å²) in [6.07, 6.45) is 6.39. The number of nitrogens with one attached hydrogen (secondary N) is 5. The molecular weight excluding hydrogens is 522 g/mol. The lowest BCUT2D eigenvalue weighted by Gasteiger charge is -2.04. The molecule has 0 fully saturated rings. The SMILES string of the molecule is Cn1cc(NC(=O)c2cc(NC(=O)c3cc(NC(=O)/C=C/C(=O)O)cn3C)cn2C)cc1C(=O)NCCC(=N)N. The minimum absolute atomic E-state index is 0.0391. The largest absolute Gasteiger partial charge is 0.478 e. The molecule has 0 atom stereocenters. The first-order chi connectivity index (χ1) is 18.8. The topological polar surface area (TPSA) is 218 Å². The first-order valence-corrected chi connectivity index (χ1v) is 11.8. The molecule has 3 aromatic heterocycles. The first kappa shape index (κ1) is 29.0. The average molecular weight is 552 g/mol. The monoisotopic (exact) mass is 551 g/mol. The Bertz CT molecular complexity index is 1520. The molecule has 210 valence electrons. The van der Waals surface area contributed by atoms with Crippen LogP contribution in [0.1, 0.15) is 37.9 Å². The maximum absolute atomic E-state index is 12.9. The summed E-state index contributed by atoms with van der Waals surface area (Å²) in [7, 11) is 4.88.